The topological polar surface area (TPSA) is 32.8 Å². The zero-order chi connectivity index (χ0) is 18.6. The van der Waals surface area contributed by atoms with E-state index in [2.05, 4.69) is 35.4 Å². The normalized spacial score (nSPS) is 16.8. The summed E-state index contributed by atoms with van der Waals surface area (Å²) in [6, 6.07) is 10.9. The summed E-state index contributed by atoms with van der Waals surface area (Å²) in [6.07, 6.45) is 3.57. The van der Waals surface area contributed by atoms with E-state index in [1.807, 2.05) is 28.4 Å². The molecule has 3 heterocycles. The summed E-state index contributed by atoms with van der Waals surface area (Å²) < 4.78 is 5.61. The Balaban J connectivity index is 0.00000225. The van der Waals surface area contributed by atoms with Crippen molar-refractivity contribution in [1.29, 1.82) is 0 Å². The van der Waals surface area contributed by atoms with Crippen LogP contribution in [0.15, 0.2) is 35.7 Å². The van der Waals surface area contributed by atoms with E-state index in [0.717, 1.165) is 57.8 Å². The van der Waals surface area contributed by atoms with Gasteiger partial charge in [-0.3, -0.25) is 9.69 Å². The van der Waals surface area contributed by atoms with E-state index in [9.17, 15) is 4.79 Å². The average molecular weight is 421 g/mol. The minimum absolute atomic E-state index is 0. The lowest BCUT2D eigenvalue weighted by Gasteiger charge is -2.46. The van der Waals surface area contributed by atoms with Gasteiger partial charge in [-0.2, -0.15) is 0 Å². The summed E-state index contributed by atoms with van der Waals surface area (Å²) in [5.74, 6) is 1.19. The van der Waals surface area contributed by atoms with Crippen molar-refractivity contribution in [2.45, 2.75) is 45.2 Å². The van der Waals surface area contributed by atoms with Crippen LogP contribution in [0.3, 0.4) is 0 Å². The average Bonchev–Trinajstić information content (AvgIpc) is 3.12. The van der Waals surface area contributed by atoms with Gasteiger partial charge < -0.3 is 9.64 Å². The van der Waals surface area contributed by atoms with Crippen molar-refractivity contribution in [2.75, 3.05) is 26.2 Å². The number of amides is 1. The highest BCUT2D eigenvalue weighted by Gasteiger charge is 2.35. The van der Waals surface area contributed by atoms with Crippen molar-refractivity contribution in [3.63, 3.8) is 0 Å². The van der Waals surface area contributed by atoms with Crippen LogP contribution in [-0.4, -0.2) is 48.0 Å². The maximum absolute atomic E-state index is 12.5. The molecule has 0 saturated carbocycles. The molecule has 2 aliphatic heterocycles. The van der Waals surface area contributed by atoms with Crippen molar-refractivity contribution >= 4 is 29.7 Å². The van der Waals surface area contributed by atoms with Crippen LogP contribution in [0.5, 0.6) is 5.75 Å². The summed E-state index contributed by atoms with van der Waals surface area (Å²) in [5.41, 5.74) is 2.69. The summed E-state index contributed by atoms with van der Waals surface area (Å²) in [5, 5.41) is 2.20. The summed E-state index contributed by atoms with van der Waals surface area (Å²) in [7, 11) is 0. The second kappa shape index (κ2) is 9.77. The number of halogens is 1. The molecule has 0 atom stereocenters. The molecule has 4 rings (SSSR count). The van der Waals surface area contributed by atoms with Crippen LogP contribution >= 0.6 is 23.7 Å². The lowest BCUT2D eigenvalue weighted by Crippen LogP contribution is -2.61. The molecule has 4 nitrogen and oxygen atoms in total. The highest BCUT2D eigenvalue weighted by molar-refractivity contribution is 7.10. The fraction of sp³-hybridized carbons (Fsp3) is 0.500. The molecule has 1 saturated heterocycles. The van der Waals surface area contributed by atoms with Crippen LogP contribution in [0, 0.1) is 0 Å². The highest BCUT2D eigenvalue weighted by atomic mass is 35.5. The molecule has 1 aromatic heterocycles. The van der Waals surface area contributed by atoms with Gasteiger partial charge in [0.05, 0.1) is 6.61 Å². The Morgan fingerprint density at radius 3 is 2.75 bits per heavy atom. The van der Waals surface area contributed by atoms with Gasteiger partial charge in [0.25, 0.3) is 0 Å². The Bertz CT molecular complexity index is 771. The van der Waals surface area contributed by atoms with Gasteiger partial charge in [0, 0.05) is 43.5 Å². The highest BCUT2D eigenvalue weighted by Crippen LogP contribution is 2.28. The molecule has 0 N–H and O–H groups in total. The molecule has 2 aliphatic rings. The largest absolute Gasteiger partial charge is 0.494 e. The van der Waals surface area contributed by atoms with Gasteiger partial charge in [0.15, 0.2) is 0 Å². The molecule has 0 bridgehead atoms. The fourth-order valence-electron chi connectivity index (χ4n) is 3.85. The van der Waals surface area contributed by atoms with Crippen LogP contribution in [0.2, 0.25) is 0 Å². The lowest BCUT2D eigenvalue weighted by molar-refractivity contribution is -0.138. The van der Waals surface area contributed by atoms with Crippen LogP contribution in [0.25, 0.3) is 0 Å². The summed E-state index contributed by atoms with van der Waals surface area (Å²) in [4.78, 5) is 18.6. The van der Waals surface area contributed by atoms with Gasteiger partial charge in [0.2, 0.25) is 5.91 Å². The first kappa shape index (κ1) is 21.2. The number of fused-ring (bicyclic) bond motifs is 1. The third kappa shape index (κ3) is 4.88. The second-order valence-corrected chi connectivity index (χ2v) is 8.54. The molecule has 0 unspecified atom stereocenters. The number of aryl methyl sites for hydroxylation is 1. The first-order valence-corrected chi connectivity index (χ1v) is 10.9. The number of rotatable bonds is 7. The molecule has 1 amide bonds. The number of carbonyl (C=O) groups excluding carboxylic acids is 1. The molecule has 28 heavy (non-hydrogen) atoms. The number of nitrogens with zero attached hydrogens (tertiary/aromatic N) is 2. The van der Waals surface area contributed by atoms with E-state index in [4.69, 9.17) is 4.74 Å². The SMILES string of the molecule is CCCOc1ccc(CCC(=O)N2CC(N3CCc4sccc4C3)C2)cc1.Cl. The smallest absolute Gasteiger partial charge is 0.223 e. The third-order valence-corrected chi connectivity index (χ3v) is 6.62. The van der Waals surface area contributed by atoms with E-state index in [-0.39, 0.29) is 18.3 Å². The molecule has 152 valence electrons. The number of ether oxygens (including phenoxy) is 1. The van der Waals surface area contributed by atoms with Crippen molar-refractivity contribution < 1.29 is 9.53 Å². The van der Waals surface area contributed by atoms with Crippen molar-refractivity contribution in [2.24, 2.45) is 0 Å². The molecule has 0 radical (unpaired) electrons. The van der Waals surface area contributed by atoms with Crippen LogP contribution < -0.4 is 4.74 Å². The molecule has 1 fully saturated rings. The molecular formula is C22H29ClN2O2S. The van der Waals surface area contributed by atoms with Crippen molar-refractivity contribution in [1.82, 2.24) is 9.80 Å². The lowest BCUT2D eigenvalue weighted by atomic mass is 10.0. The molecule has 1 aromatic carbocycles. The quantitative estimate of drug-likeness (QED) is 0.674. The first-order valence-electron chi connectivity index (χ1n) is 10.0. The number of carbonyl (C=O) groups is 1. The number of hydrogen-bond acceptors (Lipinski definition) is 4. The van der Waals surface area contributed by atoms with Crippen molar-refractivity contribution in [3.05, 3.63) is 51.7 Å². The van der Waals surface area contributed by atoms with Crippen molar-refractivity contribution in [3.8, 4) is 5.75 Å². The van der Waals surface area contributed by atoms with Crippen LogP contribution in [-0.2, 0) is 24.2 Å². The van der Waals surface area contributed by atoms with Gasteiger partial charge in [-0.05, 0) is 54.0 Å². The zero-order valence-corrected chi connectivity index (χ0v) is 18.1. The monoisotopic (exact) mass is 420 g/mol. The summed E-state index contributed by atoms with van der Waals surface area (Å²) >= 11 is 1.88. The Morgan fingerprint density at radius 2 is 2.00 bits per heavy atom. The zero-order valence-electron chi connectivity index (χ0n) is 16.4. The van der Waals surface area contributed by atoms with E-state index in [0.29, 0.717) is 12.5 Å². The van der Waals surface area contributed by atoms with Gasteiger partial charge in [-0.1, -0.05) is 19.1 Å². The van der Waals surface area contributed by atoms with E-state index < -0.39 is 0 Å². The number of benzene rings is 1. The minimum atomic E-state index is 0. The van der Waals surface area contributed by atoms with Crippen LogP contribution in [0.4, 0.5) is 0 Å². The van der Waals surface area contributed by atoms with E-state index >= 15 is 0 Å². The second-order valence-electron chi connectivity index (χ2n) is 7.53. The third-order valence-electron chi connectivity index (χ3n) is 5.59. The molecular weight excluding hydrogens is 392 g/mol. The maximum Gasteiger partial charge on any atom is 0.223 e. The molecule has 0 spiro atoms. The maximum atomic E-state index is 12.5. The Hall–Kier alpha value is -1.56. The van der Waals surface area contributed by atoms with E-state index in [1.165, 1.54) is 11.1 Å². The first-order chi connectivity index (χ1) is 13.2. The number of hydrogen-bond donors (Lipinski definition) is 0. The van der Waals surface area contributed by atoms with E-state index in [1.54, 1.807) is 4.88 Å². The standard InChI is InChI=1S/C22H28N2O2S.ClH/c1-2-12-26-20-6-3-17(4-7-20)5-8-22(25)24-15-19(16-24)23-11-9-21-18(14-23)10-13-27-21;/h3-4,6-7,10,13,19H,2,5,8-9,11-12,14-16H2,1H3;1H. The Labute approximate surface area is 177 Å². The molecule has 2 aromatic rings. The molecule has 6 heteroatoms. The van der Waals surface area contributed by atoms with Crippen LogP contribution in [0.1, 0.15) is 35.8 Å². The predicted octanol–water partition coefficient (Wildman–Crippen LogP) is 4.16. The Morgan fingerprint density at radius 1 is 1.21 bits per heavy atom. The van der Waals surface area contributed by atoms with Gasteiger partial charge in [-0.25, -0.2) is 0 Å². The van der Waals surface area contributed by atoms with Gasteiger partial charge >= 0.3 is 0 Å². The van der Waals surface area contributed by atoms with Gasteiger partial charge in [-0.15, -0.1) is 23.7 Å². The molecule has 0 aliphatic carbocycles. The fourth-order valence-corrected chi connectivity index (χ4v) is 4.74. The Kier molecular flexibility index (Phi) is 7.38. The number of likely N-dealkylation sites (tertiary alicyclic amines) is 1. The van der Waals surface area contributed by atoms with Gasteiger partial charge in [0.1, 0.15) is 5.75 Å². The number of thiophene rings is 1. The summed E-state index contributed by atoms with van der Waals surface area (Å²) in [6.45, 7) is 6.82. The predicted molar refractivity (Wildman–Crippen MR) is 117 cm³/mol. The minimum Gasteiger partial charge on any atom is -0.494 e.